The highest BCUT2D eigenvalue weighted by atomic mass is 35.5. The normalized spacial score (nSPS) is 14.7. The lowest BCUT2D eigenvalue weighted by Gasteiger charge is -2.12. The average molecular weight is 481 g/mol. The molecule has 1 aliphatic rings. The standard InChI is InChI=1S/C24H17ClN2O5S/c25-19-3-1-2-18(12-19)15-32-21-10-6-16(7-11-21)13-22-23(28)26(24(29)33-22)14-17-4-8-20(9-5-17)27(30)31/h1-13H,14-15H2/b22-13-. The summed E-state index contributed by atoms with van der Waals surface area (Å²) in [4.78, 5) is 36.8. The van der Waals surface area contributed by atoms with Gasteiger partial charge < -0.3 is 4.74 Å². The number of non-ortho nitro benzene ring substituents is 1. The second-order valence-electron chi connectivity index (χ2n) is 7.18. The fraction of sp³-hybridized carbons (Fsp3) is 0.0833. The first-order chi connectivity index (χ1) is 15.9. The van der Waals surface area contributed by atoms with Crippen LogP contribution in [0.3, 0.4) is 0 Å². The van der Waals surface area contributed by atoms with E-state index in [9.17, 15) is 19.7 Å². The number of hydrogen-bond acceptors (Lipinski definition) is 6. The van der Waals surface area contributed by atoms with Crippen LogP contribution in [0.5, 0.6) is 5.75 Å². The Morgan fingerprint density at radius 3 is 2.39 bits per heavy atom. The molecule has 0 aliphatic carbocycles. The highest BCUT2D eigenvalue weighted by Crippen LogP contribution is 2.33. The lowest BCUT2D eigenvalue weighted by atomic mass is 10.2. The smallest absolute Gasteiger partial charge is 0.293 e. The number of nitro groups is 1. The topological polar surface area (TPSA) is 89.8 Å². The summed E-state index contributed by atoms with van der Waals surface area (Å²) in [6.45, 7) is 0.428. The summed E-state index contributed by atoms with van der Waals surface area (Å²) in [5.41, 5.74) is 2.29. The average Bonchev–Trinajstić information content (AvgIpc) is 3.06. The van der Waals surface area contributed by atoms with Crippen molar-refractivity contribution in [2.45, 2.75) is 13.2 Å². The van der Waals surface area contributed by atoms with Crippen LogP contribution >= 0.6 is 23.4 Å². The van der Waals surface area contributed by atoms with Crippen molar-refractivity contribution in [1.29, 1.82) is 0 Å². The number of halogens is 1. The van der Waals surface area contributed by atoms with Gasteiger partial charge in [0, 0.05) is 17.2 Å². The van der Waals surface area contributed by atoms with Gasteiger partial charge in [0.05, 0.1) is 16.4 Å². The summed E-state index contributed by atoms with van der Waals surface area (Å²) < 4.78 is 5.76. The Bertz CT molecular complexity index is 1240. The summed E-state index contributed by atoms with van der Waals surface area (Å²) in [6.07, 6.45) is 1.65. The Morgan fingerprint density at radius 1 is 1.00 bits per heavy atom. The Hall–Kier alpha value is -3.62. The first kappa shape index (κ1) is 22.6. The predicted molar refractivity (Wildman–Crippen MR) is 127 cm³/mol. The van der Waals surface area contributed by atoms with Gasteiger partial charge in [-0.05, 0) is 58.8 Å². The van der Waals surface area contributed by atoms with Gasteiger partial charge in [-0.25, -0.2) is 0 Å². The number of nitrogens with zero attached hydrogens (tertiary/aromatic N) is 2. The minimum absolute atomic E-state index is 0.0484. The Labute approximate surface area is 198 Å². The Balaban J connectivity index is 1.39. The summed E-state index contributed by atoms with van der Waals surface area (Å²) in [5.74, 6) is 0.267. The molecule has 0 saturated carbocycles. The summed E-state index contributed by atoms with van der Waals surface area (Å²) >= 11 is 6.84. The molecule has 166 valence electrons. The zero-order valence-electron chi connectivity index (χ0n) is 17.1. The molecule has 4 rings (SSSR count). The van der Waals surface area contributed by atoms with E-state index in [1.807, 2.05) is 18.2 Å². The summed E-state index contributed by atoms with van der Waals surface area (Å²) in [5, 5.41) is 11.0. The van der Waals surface area contributed by atoms with Crippen molar-refractivity contribution in [3.05, 3.63) is 110 Å². The SMILES string of the molecule is O=C1S/C(=C\c2ccc(OCc3cccc(Cl)c3)cc2)C(=O)N1Cc1ccc([N+](=O)[O-])cc1. The van der Waals surface area contributed by atoms with Crippen LogP contribution in [0.4, 0.5) is 10.5 Å². The van der Waals surface area contributed by atoms with Crippen LogP contribution in [-0.4, -0.2) is 21.0 Å². The fourth-order valence-corrected chi connectivity index (χ4v) is 4.20. The van der Waals surface area contributed by atoms with Gasteiger partial charge in [-0.15, -0.1) is 0 Å². The van der Waals surface area contributed by atoms with E-state index >= 15 is 0 Å². The van der Waals surface area contributed by atoms with E-state index in [0.29, 0.717) is 27.8 Å². The molecule has 9 heteroatoms. The second-order valence-corrected chi connectivity index (χ2v) is 8.61. The van der Waals surface area contributed by atoms with E-state index in [-0.39, 0.29) is 17.5 Å². The van der Waals surface area contributed by atoms with Crippen molar-refractivity contribution in [3.8, 4) is 5.75 Å². The highest BCUT2D eigenvalue weighted by Gasteiger charge is 2.35. The van der Waals surface area contributed by atoms with Gasteiger partial charge in [0.25, 0.3) is 16.8 Å². The quantitative estimate of drug-likeness (QED) is 0.232. The van der Waals surface area contributed by atoms with Gasteiger partial charge >= 0.3 is 0 Å². The maximum Gasteiger partial charge on any atom is 0.293 e. The first-order valence-electron chi connectivity index (χ1n) is 9.85. The van der Waals surface area contributed by atoms with Crippen molar-refractivity contribution < 1.29 is 19.2 Å². The van der Waals surface area contributed by atoms with Gasteiger partial charge in [0.1, 0.15) is 12.4 Å². The van der Waals surface area contributed by atoms with Crippen molar-refractivity contribution in [2.24, 2.45) is 0 Å². The molecule has 1 heterocycles. The van der Waals surface area contributed by atoms with Gasteiger partial charge in [-0.1, -0.05) is 48.0 Å². The maximum absolute atomic E-state index is 12.7. The van der Waals surface area contributed by atoms with Gasteiger partial charge in [-0.3, -0.25) is 24.6 Å². The summed E-state index contributed by atoms with van der Waals surface area (Å²) in [6, 6.07) is 20.4. The number of nitro benzene ring substituents is 1. The largest absolute Gasteiger partial charge is 0.489 e. The Morgan fingerprint density at radius 2 is 1.73 bits per heavy atom. The lowest BCUT2D eigenvalue weighted by Crippen LogP contribution is -2.27. The van der Waals surface area contributed by atoms with E-state index in [1.54, 1.807) is 36.4 Å². The minimum atomic E-state index is -0.500. The Kier molecular flexibility index (Phi) is 6.76. The molecule has 0 atom stereocenters. The number of thioether (sulfide) groups is 1. The van der Waals surface area contributed by atoms with Crippen molar-refractivity contribution >= 4 is 46.3 Å². The zero-order chi connectivity index (χ0) is 23.4. The monoisotopic (exact) mass is 480 g/mol. The maximum atomic E-state index is 12.7. The molecule has 0 radical (unpaired) electrons. The number of amides is 2. The molecular weight excluding hydrogens is 464 g/mol. The number of hydrogen-bond donors (Lipinski definition) is 0. The molecule has 3 aromatic carbocycles. The molecule has 1 fully saturated rings. The highest BCUT2D eigenvalue weighted by molar-refractivity contribution is 8.18. The molecule has 1 saturated heterocycles. The van der Waals surface area contributed by atoms with Crippen molar-refractivity contribution in [1.82, 2.24) is 4.90 Å². The van der Waals surface area contributed by atoms with E-state index in [2.05, 4.69) is 0 Å². The van der Waals surface area contributed by atoms with Gasteiger partial charge in [0.15, 0.2) is 0 Å². The lowest BCUT2D eigenvalue weighted by molar-refractivity contribution is -0.384. The molecule has 0 aromatic heterocycles. The number of imide groups is 1. The number of carbonyl (C=O) groups excluding carboxylic acids is 2. The van der Waals surface area contributed by atoms with Crippen LogP contribution in [-0.2, 0) is 17.9 Å². The molecule has 0 bridgehead atoms. The molecule has 2 amide bonds. The van der Waals surface area contributed by atoms with Crippen LogP contribution in [0.1, 0.15) is 16.7 Å². The number of rotatable bonds is 7. The van der Waals surface area contributed by atoms with Crippen molar-refractivity contribution in [2.75, 3.05) is 0 Å². The molecular formula is C24H17ClN2O5S. The summed E-state index contributed by atoms with van der Waals surface area (Å²) in [7, 11) is 0. The van der Waals surface area contributed by atoms with Gasteiger partial charge in [0.2, 0.25) is 0 Å². The van der Waals surface area contributed by atoms with Crippen LogP contribution in [0.15, 0.2) is 77.7 Å². The molecule has 3 aromatic rings. The number of benzene rings is 3. The van der Waals surface area contributed by atoms with Crippen LogP contribution < -0.4 is 4.74 Å². The molecule has 7 nitrogen and oxygen atoms in total. The minimum Gasteiger partial charge on any atom is -0.489 e. The van der Waals surface area contributed by atoms with E-state index in [4.69, 9.17) is 16.3 Å². The predicted octanol–water partition coefficient (Wildman–Crippen LogP) is 6.06. The molecule has 0 unspecified atom stereocenters. The van der Waals surface area contributed by atoms with E-state index in [0.717, 1.165) is 27.8 Å². The van der Waals surface area contributed by atoms with Gasteiger partial charge in [-0.2, -0.15) is 0 Å². The zero-order valence-corrected chi connectivity index (χ0v) is 18.7. The second kappa shape index (κ2) is 9.89. The molecule has 0 spiro atoms. The van der Waals surface area contributed by atoms with Crippen LogP contribution in [0.2, 0.25) is 5.02 Å². The first-order valence-corrected chi connectivity index (χ1v) is 11.0. The molecule has 1 aliphatic heterocycles. The number of carbonyl (C=O) groups is 2. The third kappa shape index (κ3) is 5.60. The number of ether oxygens (including phenoxy) is 1. The van der Waals surface area contributed by atoms with Crippen molar-refractivity contribution in [3.63, 3.8) is 0 Å². The van der Waals surface area contributed by atoms with E-state index in [1.165, 1.54) is 24.3 Å². The van der Waals surface area contributed by atoms with Crippen LogP contribution in [0, 0.1) is 10.1 Å². The third-order valence-electron chi connectivity index (χ3n) is 4.83. The fourth-order valence-electron chi connectivity index (χ4n) is 3.15. The third-order valence-corrected chi connectivity index (χ3v) is 5.98. The van der Waals surface area contributed by atoms with E-state index < -0.39 is 10.8 Å². The molecule has 33 heavy (non-hydrogen) atoms. The molecule has 0 N–H and O–H groups in total. The van der Waals surface area contributed by atoms with Crippen LogP contribution in [0.25, 0.3) is 6.08 Å².